The largest absolute Gasteiger partial charge is 0.480 e. The lowest BCUT2D eigenvalue weighted by molar-refractivity contribution is -0.145. The molecule has 2 unspecified atom stereocenters. The first kappa shape index (κ1) is 14.1. The second kappa shape index (κ2) is 6.13. The summed E-state index contributed by atoms with van der Waals surface area (Å²) < 4.78 is 0. The Balaban J connectivity index is 2.73. The van der Waals surface area contributed by atoms with E-state index in [1.165, 1.54) is 6.92 Å². The molecular formula is C12H16N2O4. The van der Waals surface area contributed by atoms with Gasteiger partial charge in [-0.1, -0.05) is 30.3 Å². The monoisotopic (exact) mass is 252 g/mol. The summed E-state index contributed by atoms with van der Waals surface area (Å²) in [6, 6.07) is 6.24. The minimum atomic E-state index is -1.37. The van der Waals surface area contributed by atoms with E-state index >= 15 is 0 Å². The molecule has 0 aromatic heterocycles. The van der Waals surface area contributed by atoms with Gasteiger partial charge in [0.2, 0.25) is 5.91 Å². The van der Waals surface area contributed by atoms with Crippen molar-refractivity contribution in [2.24, 2.45) is 5.73 Å². The van der Waals surface area contributed by atoms with Gasteiger partial charge in [-0.3, -0.25) is 4.79 Å². The van der Waals surface area contributed by atoms with E-state index in [0.29, 0.717) is 5.56 Å². The van der Waals surface area contributed by atoms with Crippen molar-refractivity contribution in [3.8, 4) is 0 Å². The van der Waals surface area contributed by atoms with Gasteiger partial charge in [0.25, 0.3) is 0 Å². The highest BCUT2D eigenvalue weighted by atomic mass is 16.4. The number of benzene rings is 1. The Morgan fingerprint density at radius 1 is 1.28 bits per heavy atom. The van der Waals surface area contributed by atoms with Gasteiger partial charge < -0.3 is 21.3 Å². The quantitative estimate of drug-likeness (QED) is 0.571. The number of rotatable bonds is 5. The number of hydrogen-bond acceptors (Lipinski definition) is 4. The van der Waals surface area contributed by atoms with Gasteiger partial charge in [0, 0.05) is 0 Å². The highest BCUT2D eigenvalue weighted by Gasteiger charge is 2.27. The predicted octanol–water partition coefficient (Wildman–Crippen LogP) is -0.363. The number of hydrogen-bond donors (Lipinski definition) is 4. The Hall–Kier alpha value is -1.92. The third-order valence-electron chi connectivity index (χ3n) is 2.49. The van der Waals surface area contributed by atoms with Gasteiger partial charge in [0.15, 0.2) is 6.04 Å². The van der Waals surface area contributed by atoms with Crippen molar-refractivity contribution in [1.29, 1.82) is 0 Å². The van der Waals surface area contributed by atoms with E-state index < -0.39 is 30.1 Å². The smallest absolute Gasteiger partial charge is 0.328 e. The fraction of sp³-hybridized carbons (Fsp3) is 0.333. The number of aliphatic hydroxyl groups is 1. The van der Waals surface area contributed by atoms with Crippen molar-refractivity contribution in [3.05, 3.63) is 35.9 Å². The summed E-state index contributed by atoms with van der Waals surface area (Å²) in [7, 11) is 0. The Labute approximate surface area is 104 Å². The van der Waals surface area contributed by atoms with Gasteiger partial charge in [-0.2, -0.15) is 0 Å². The standard InChI is InChI=1S/C12H16N2O4/c1-7(15)10(12(17)18)14-11(16)9(13)8-5-3-2-4-6-8/h2-7,9-10,15H,13H2,1H3,(H,14,16)(H,17,18)/t7?,9-,10?/m1/s1. The first-order chi connectivity index (χ1) is 8.43. The zero-order chi connectivity index (χ0) is 13.7. The molecule has 0 aliphatic carbocycles. The van der Waals surface area contributed by atoms with E-state index in [4.69, 9.17) is 10.8 Å². The fourth-order valence-electron chi connectivity index (χ4n) is 1.44. The first-order valence-corrected chi connectivity index (χ1v) is 5.45. The summed E-state index contributed by atoms with van der Waals surface area (Å²) in [5.41, 5.74) is 6.27. The van der Waals surface area contributed by atoms with Crippen LogP contribution in [0, 0.1) is 0 Å². The zero-order valence-electron chi connectivity index (χ0n) is 9.91. The number of carboxylic acids is 1. The third-order valence-corrected chi connectivity index (χ3v) is 2.49. The second-order valence-corrected chi connectivity index (χ2v) is 3.95. The van der Waals surface area contributed by atoms with E-state index in [1.54, 1.807) is 30.3 Å². The van der Waals surface area contributed by atoms with Crippen LogP contribution >= 0.6 is 0 Å². The molecule has 1 amide bonds. The van der Waals surface area contributed by atoms with Crippen molar-refractivity contribution >= 4 is 11.9 Å². The first-order valence-electron chi connectivity index (χ1n) is 5.45. The van der Waals surface area contributed by atoms with Gasteiger partial charge >= 0.3 is 5.97 Å². The molecule has 1 rings (SSSR count). The lowest BCUT2D eigenvalue weighted by atomic mass is 10.1. The normalized spacial score (nSPS) is 15.5. The molecule has 0 aliphatic rings. The van der Waals surface area contributed by atoms with E-state index in [0.717, 1.165) is 0 Å². The van der Waals surface area contributed by atoms with Crippen LogP contribution in [0.3, 0.4) is 0 Å². The van der Waals surface area contributed by atoms with Gasteiger partial charge in [-0.05, 0) is 12.5 Å². The van der Waals surface area contributed by atoms with Crippen molar-refractivity contribution in [3.63, 3.8) is 0 Å². The van der Waals surface area contributed by atoms with Crippen molar-refractivity contribution in [1.82, 2.24) is 5.32 Å². The average molecular weight is 252 g/mol. The third kappa shape index (κ3) is 3.54. The van der Waals surface area contributed by atoms with Gasteiger partial charge in [0.05, 0.1) is 6.10 Å². The van der Waals surface area contributed by atoms with Gasteiger partial charge in [0.1, 0.15) is 6.04 Å². The number of carbonyl (C=O) groups is 2. The number of aliphatic carboxylic acids is 1. The van der Waals surface area contributed by atoms with Crippen LogP contribution in [0.25, 0.3) is 0 Å². The molecule has 0 radical (unpaired) electrons. The number of carbonyl (C=O) groups excluding carboxylic acids is 1. The molecule has 98 valence electrons. The summed E-state index contributed by atoms with van der Waals surface area (Å²) in [5, 5.41) is 20.3. The van der Waals surface area contributed by atoms with Crippen LogP contribution in [-0.4, -0.2) is 34.2 Å². The molecule has 3 atom stereocenters. The molecule has 0 saturated carbocycles. The van der Waals surface area contributed by atoms with E-state index in [9.17, 15) is 14.7 Å². The Morgan fingerprint density at radius 3 is 2.28 bits per heavy atom. The number of amides is 1. The molecule has 6 heteroatoms. The maximum absolute atomic E-state index is 11.8. The number of aliphatic hydroxyl groups excluding tert-OH is 1. The summed E-state index contributed by atoms with van der Waals surface area (Å²) in [5.74, 6) is -1.95. The molecule has 18 heavy (non-hydrogen) atoms. The number of carboxylic acid groups (broad SMARTS) is 1. The fourth-order valence-corrected chi connectivity index (χ4v) is 1.44. The van der Waals surface area contributed by atoms with Crippen molar-refractivity contribution in [2.75, 3.05) is 0 Å². The minimum absolute atomic E-state index is 0.574. The molecule has 1 aromatic carbocycles. The molecule has 1 aromatic rings. The van der Waals surface area contributed by atoms with E-state index in [2.05, 4.69) is 5.32 Å². The van der Waals surface area contributed by atoms with Crippen LogP contribution in [0.4, 0.5) is 0 Å². The van der Waals surface area contributed by atoms with Crippen LogP contribution in [0.2, 0.25) is 0 Å². The molecular weight excluding hydrogens is 236 g/mol. The van der Waals surface area contributed by atoms with Crippen molar-refractivity contribution in [2.45, 2.75) is 25.1 Å². The van der Waals surface area contributed by atoms with Crippen LogP contribution in [0.1, 0.15) is 18.5 Å². The molecule has 0 bridgehead atoms. The Kier molecular flexibility index (Phi) is 4.82. The highest BCUT2D eigenvalue weighted by molar-refractivity contribution is 5.87. The van der Waals surface area contributed by atoms with Crippen molar-refractivity contribution < 1.29 is 19.8 Å². The molecule has 5 N–H and O–H groups in total. The van der Waals surface area contributed by atoms with Gasteiger partial charge in [-0.15, -0.1) is 0 Å². The maximum atomic E-state index is 11.8. The molecule has 0 heterocycles. The van der Waals surface area contributed by atoms with Crippen LogP contribution in [-0.2, 0) is 9.59 Å². The Bertz CT molecular complexity index is 419. The molecule has 0 aliphatic heterocycles. The molecule has 0 saturated heterocycles. The molecule has 0 spiro atoms. The maximum Gasteiger partial charge on any atom is 0.328 e. The van der Waals surface area contributed by atoms with Crippen LogP contribution in [0.15, 0.2) is 30.3 Å². The zero-order valence-corrected chi connectivity index (χ0v) is 9.91. The Morgan fingerprint density at radius 2 is 1.83 bits per heavy atom. The van der Waals surface area contributed by atoms with Crippen LogP contribution < -0.4 is 11.1 Å². The summed E-state index contributed by atoms with van der Waals surface area (Å²) in [4.78, 5) is 22.6. The minimum Gasteiger partial charge on any atom is -0.480 e. The van der Waals surface area contributed by atoms with Gasteiger partial charge in [-0.25, -0.2) is 4.79 Å². The van der Waals surface area contributed by atoms with E-state index in [1.807, 2.05) is 0 Å². The number of nitrogens with one attached hydrogen (secondary N) is 1. The van der Waals surface area contributed by atoms with E-state index in [-0.39, 0.29) is 0 Å². The topological polar surface area (TPSA) is 113 Å². The second-order valence-electron chi connectivity index (χ2n) is 3.95. The summed E-state index contributed by atoms with van der Waals surface area (Å²) in [6.45, 7) is 1.28. The average Bonchev–Trinajstić information content (AvgIpc) is 2.35. The summed E-state index contributed by atoms with van der Waals surface area (Å²) in [6.07, 6.45) is -1.20. The molecule has 6 nitrogen and oxygen atoms in total. The lowest BCUT2D eigenvalue weighted by Gasteiger charge is -2.19. The van der Waals surface area contributed by atoms with Crippen LogP contribution in [0.5, 0.6) is 0 Å². The highest BCUT2D eigenvalue weighted by Crippen LogP contribution is 2.10. The lowest BCUT2D eigenvalue weighted by Crippen LogP contribution is -2.50. The predicted molar refractivity (Wildman–Crippen MR) is 64.6 cm³/mol. The molecule has 0 fully saturated rings. The summed E-state index contributed by atoms with van der Waals surface area (Å²) >= 11 is 0. The number of nitrogens with two attached hydrogens (primary N) is 1. The SMILES string of the molecule is CC(O)C(NC(=O)[C@H](N)c1ccccc1)C(=O)O.